The van der Waals surface area contributed by atoms with E-state index in [1.54, 1.807) is 26.0 Å². The van der Waals surface area contributed by atoms with Crippen molar-refractivity contribution in [1.82, 2.24) is 47.4 Å². The summed E-state index contributed by atoms with van der Waals surface area (Å²) >= 11 is 0. The van der Waals surface area contributed by atoms with Gasteiger partial charge < -0.3 is 74.1 Å². The molecule has 2 fully saturated rings. The summed E-state index contributed by atoms with van der Waals surface area (Å²) in [6.45, 7) is 11.2. The van der Waals surface area contributed by atoms with E-state index in [0.29, 0.717) is 24.8 Å². The number of nitrogens with zero attached hydrogens (tertiary/aromatic N) is 1. The molecule has 105 heavy (non-hydrogen) atoms. The van der Waals surface area contributed by atoms with Gasteiger partial charge in [-0.1, -0.05) is 242 Å². The Morgan fingerprint density at radius 3 is 1.62 bits per heavy atom. The standard InChI is InChI=1S/C76H128N12O15S2/c1-7-10-12-14-16-18-20-22-24-26-28-30-32-34-45-102-76(101)103-55-40-38-54(39-41-55)47-58-71(96)87-67(53(6)9-3)74(99)82-56(42-43-63(77)89)69(94)84-59(48-64(78)90)70(95)86-61(75(100)88-44-35-36-62(88)73(98)85-57(46-52(4)5)68(93)80-49-65(79)91)51-105-104-50-60(72(97)83-58)81-66(92)37-33-31-29-27-25-23-21-19-17-15-13-11-8-2/h38-41,52-53,56-62,67H,7-37,42-51H2,1-6H3,(H2,77,89)(H2,78,90)(H2,79,91)(H,80,93)(H,81,92)(H,82,99)(H,83,97)(H,84,94)(H,85,98)(H,86,95)(H,87,96)/t53-,56-,57-,58-,59-,60-,61-,62-,67-/m0/s1. The average molecular weight is 1510 g/mol. The van der Waals surface area contributed by atoms with E-state index in [2.05, 4.69) is 56.4 Å². The van der Waals surface area contributed by atoms with Crippen molar-refractivity contribution < 1.29 is 71.8 Å². The van der Waals surface area contributed by atoms with Crippen molar-refractivity contribution in [2.75, 3.05) is 31.2 Å². The Balaban J connectivity index is 2.02. The fourth-order valence-corrected chi connectivity index (χ4v) is 15.0. The van der Waals surface area contributed by atoms with Crippen LogP contribution in [0.2, 0.25) is 0 Å². The lowest BCUT2D eigenvalue weighted by molar-refractivity contribution is -0.142. The fraction of sp³-hybridized carbons (Fsp3) is 0.750. The van der Waals surface area contributed by atoms with Crippen molar-refractivity contribution in [2.24, 2.45) is 29.0 Å². The fourth-order valence-electron chi connectivity index (χ4n) is 12.6. The Kier molecular flexibility index (Phi) is 47.7. The summed E-state index contributed by atoms with van der Waals surface area (Å²) in [5.41, 5.74) is 17.0. The molecular formula is C76H128N12O15S2. The molecular weight excluding hydrogens is 1390 g/mol. The van der Waals surface area contributed by atoms with Crippen molar-refractivity contribution in [3.05, 3.63) is 29.8 Å². The molecule has 0 saturated carbocycles. The zero-order valence-corrected chi connectivity index (χ0v) is 65.3. The minimum atomic E-state index is -1.81. The number of primary amides is 3. The zero-order chi connectivity index (χ0) is 77.3. The van der Waals surface area contributed by atoms with Gasteiger partial charge >= 0.3 is 6.16 Å². The molecule has 9 atom stereocenters. The third-order valence-corrected chi connectivity index (χ3v) is 21.4. The number of likely N-dealkylation sites (tertiary alicyclic amines) is 1. The van der Waals surface area contributed by atoms with E-state index in [-0.39, 0.29) is 68.4 Å². The van der Waals surface area contributed by atoms with E-state index in [9.17, 15) is 57.5 Å². The van der Waals surface area contributed by atoms with E-state index < -0.39 is 157 Å². The predicted molar refractivity (Wildman–Crippen MR) is 409 cm³/mol. The number of hydrogen-bond donors (Lipinski definition) is 11. The second-order valence-electron chi connectivity index (χ2n) is 28.7. The molecule has 0 spiro atoms. The molecule has 2 heterocycles. The Morgan fingerprint density at radius 1 is 0.571 bits per heavy atom. The topological polar surface area (TPSA) is 418 Å². The molecule has 0 aliphatic carbocycles. The number of nitrogens with one attached hydrogen (secondary N) is 8. The summed E-state index contributed by atoms with van der Waals surface area (Å²) in [6.07, 6.45) is 28.9. The molecule has 0 radical (unpaired) electrons. The molecule has 0 aromatic heterocycles. The van der Waals surface area contributed by atoms with Gasteiger partial charge in [0, 0.05) is 37.3 Å². The Bertz CT molecular complexity index is 2840. The molecule has 0 bridgehead atoms. The minimum absolute atomic E-state index is 0.0125. The van der Waals surface area contributed by atoms with Crippen LogP contribution in [0, 0.1) is 11.8 Å². The summed E-state index contributed by atoms with van der Waals surface area (Å²) in [5, 5.41) is 21.3. The second kappa shape index (κ2) is 54.4. The Hall–Kier alpha value is -7.17. The van der Waals surface area contributed by atoms with Crippen LogP contribution in [-0.2, 0) is 68.7 Å². The number of carbonyl (C=O) groups excluding carboxylic acids is 13. The van der Waals surface area contributed by atoms with Gasteiger partial charge in [-0.15, -0.1) is 0 Å². The monoisotopic (exact) mass is 1510 g/mol. The number of hydrogen-bond acceptors (Lipinski definition) is 17. The van der Waals surface area contributed by atoms with Crippen LogP contribution in [0.5, 0.6) is 5.75 Å². The highest BCUT2D eigenvalue weighted by atomic mass is 33.1. The average Bonchev–Trinajstić information content (AvgIpc) is 1.75. The highest BCUT2D eigenvalue weighted by Gasteiger charge is 2.41. The van der Waals surface area contributed by atoms with Gasteiger partial charge in [0.15, 0.2) is 0 Å². The number of benzene rings is 1. The van der Waals surface area contributed by atoms with Crippen molar-refractivity contribution in [2.45, 2.75) is 321 Å². The third-order valence-electron chi connectivity index (χ3n) is 19.0. The summed E-state index contributed by atoms with van der Waals surface area (Å²) in [6, 6.07) is -5.34. The van der Waals surface area contributed by atoms with Crippen LogP contribution in [0.1, 0.15) is 272 Å². The van der Waals surface area contributed by atoms with Gasteiger partial charge in [-0.2, -0.15) is 0 Å². The first-order chi connectivity index (χ1) is 50.4. The first-order valence-corrected chi connectivity index (χ1v) is 41.6. The Morgan fingerprint density at radius 2 is 1.09 bits per heavy atom. The molecule has 2 saturated heterocycles. The number of ether oxygens (including phenoxy) is 2. The van der Waals surface area contributed by atoms with Gasteiger partial charge in [0.2, 0.25) is 70.9 Å². The molecule has 1 aromatic rings. The van der Waals surface area contributed by atoms with Gasteiger partial charge in [0.25, 0.3) is 0 Å². The van der Waals surface area contributed by atoms with Gasteiger partial charge in [0.1, 0.15) is 54.1 Å². The summed E-state index contributed by atoms with van der Waals surface area (Å²) in [7, 11) is 2.03. The number of unbranched alkanes of at least 4 members (excludes halogenated alkanes) is 25. The molecule has 27 nitrogen and oxygen atoms in total. The molecule has 12 amide bonds. The summed E-state index contributed by atoms with van der Waals surface area (Å²) in [4.78, 5) is 181. The zero-order valence-electron chi connectivity index (χ0n) is 63.7. The maximum Gasteiger partial charge on any atom is 0.513 e. The lowest BCUT2D eigenvalue weighted by Gasteiger charge is -2.31. The van der Waals surface area contributed by atoms with E-state index in [4.69, 9.17) is 26.7 Å². The van der Waals surface area contributed by atoms with Crippen molar-refractivity contribution >= 4 is 98.6 Å². The molecule has 0 unspecified atom stereocenters. The first-order valence-electron chi connectivity index (χ1n) is 39.1. The molecule has 2 aliphatic heterocycles. The van der Waals surface area contributed by atoms with Crippen molar-refractivity contribution in [3.63, 3.8) is 0 Å². The normalized spacial score (nSPS) is 19.9. The maximum absolute atomic E-state index is 15.0. The molecule has 29 heteroatoms. The smallest absolute Gasteiger partial charge is 0.434 e. The van der Waals surface area contributed by atoms with Crippen LogP contribution < -0.4 is 64.5 Å². The van der Waals surface area contributed by atoms with Crippen molar-refractivity contribution in [3.8, 4) is 5.75 Å². The predicted octanol–water partition coefficient (Wildman–Crippen LogP) is 8.32. The molecule has 2 aliphatic rings. The molecule has 1 aromatic carbocycles. The summed E-state index contributed by atoms with van der Waals surface area (Å²) < 4.78 is 10.9. The lowest BCUT2D eigenvalue weighted by atomic mass is 9.96. The lowest BCUT2D eigenvalue weighted by Crippen LogP contribution is -2.62. The SMILES string of the molecule is CCCCCCCCCCCCCCCCOC(=O)Oc1ccc(C[C@@H]2NC(=O)[C@@H](NC(=O)CCCCCCCCCCCCCCC)CSSC[C@@H](C(=O)N3CCC[C@H]3C(=O)N[C@@H](CC(C)C)C(=O)NCC(N)=O)NC(=O)[C@H](CC(N)=O)NC(=O)[C@H](CCC(N)=O)NC(=O)[C@H]([C@@H](C)CC)NC2=O)cc1. The molecule has 3 rings (SSSR count). The largest absolute Gasteiger partial charge is 0.513 e. The second-order valence-corrected chi connectivity index (χ2v) is 31.2. The van der Waals surface area contributed by atoms with E-state index in [1.165, 1.54) is 126 Å². The quantitative estimate of drug-likeness (QED) is 0.0126. The van der Waals surface area contributed by atoms with Gasteiger partial charge in [0.05, 0.1) is 19.6 Å². The van der Waals surface area contributed by atoms with Gasteiger partial charge in [-0.05, 0) is 68.1 Å². The number of carbonyl (C=O) groups is 13. The van der Waals surface area contributed by atoms with Crippen LogP contribution >= 0.6 is 21.6 Å². The van der Waals surface area contributed by atoms with E-state index >= 15 is 4.79 Å². The highest BCUT2D eigenvalue weighted by molar-refractivity contribution is 8.76. The van der Waals surface area contributed by atoms with Gasteiger partial charge in [-0.3, -0.25) is 57.5 Å². The third kappa shape index (κ3) is 39.8. The van der Waals surface area contributed by atoms with Crippen LogP contribution in [-0.4, -0.2) is 161 Å². The number of nitrogens with two attached hydrogens (primary N) is 3. The van der Waals surface area contributed by atoms with Crippen LogP contribution in [0.3, 0.4) is 0 Å². The van der Waals surface area contributed by atoms with Gasteiger partial charge in [-0.25, -0.2) is 4.79 Å². The molecule has 594 valence electrons. The number of amides is 12. The van der Waals surface area contributed by atoms with E-state index in [0.717, 1.165) is 73.0 Å². The van der Waals surface area contributed by atoms with E-state index in [1.807, 2.05) is 13.8 Å². The Labute approximate surface area is 631 Å². The first kappa shape index (κ1) is 92.0. The molecule has 14 N–H and O–H groups in total. The highest BCUT2D eigenvalue weighted by Crippen LogP contribution is 2.27. The van der Waals surface area contributed by atoms with Crippen LogP contribution in [0.15, 0.2) is 24.3 Å². The van der Waals surface area contributed by atoms with Crippen LogP contribution in [0.25, 0.3) is 0 Å². The maximum atomic E-state index is 15.0. The van der Waals surface area contributed by atoms with Crippen LogP contribution in [0.4, 0.5) is 4.79 Å². The van der Waals surface area contributed by atoms with Crippen molar-refractivity contribution in [1.29, 1.82) is 0 Å². The minimum Gasteiger partial charge on any atom is -0.434 e. The summed E-state index contributed by atoms with van der Waals surface area (Å²) in [5.74, 6) is -11.2. The number of rotatable bonds is 48.